The van der Waals surface area contributed by atoms with E-state index >= 15 is 0 Å². The molecule has 16 atom stereocenters. The molecule has 11 nitrogen and oxygen atoms in total. The maximum absolute atomic E-state index is 12.4. The number of rotatable bonds is 6. The molecule has 0 aromatic rings. The van der Waals surface area contributed by atoms with Crippen molar-refractivity contribution >= 4 is 5.78 Å². The number of ether oxygens (including phenoxy) is 4. The summed E-state index contributed by atoms with van der Waals surface area (Å²) in [5.74, 6) is 2.43. The van der Waals surface area contributed by atoms with Crippen molar-refractivity contribution in [2.24, 2.45) is 34.5 Å². The number of Topliss-reactive ketones (excluding diaryl/α,β-unsaturated/α-hetero) is 1. The maximum Gasteiger partial charge on any atom is 0.186 e. The van der Waals surface area contributed by atoms with Crippen LogP contribution in [-0.4, -0.2) is 111 Å². The first-order chi connectivity index (χ1) is 20.4. The Kier molecular flexibility index (Phi) is 8.91. The molecular weight excluding hydrogens is 560 g/mol. The molecule has 3 saturated carbocycles. The first kappa shape index (κ1) is 32.0. The summed E-state index contributed by atoms with van der Waals surface area (Å²) in [6.07, 6.45) is -2.21. The van der Waals surface area contributed by atoms with Gasteiger partial charge in [-0.2, -0.15) is 0 Å². The molecule has 0 spiro atoms. The van der Waals surface area contributed by atoms with Gasteiger partial charge in [0.2, 0.25) is 0 Å². The first-order valence-electron chi connectivity index (χ1n) is 16.2. The molecule has 6 aliphatic rings. The molecule has 0 amide bonds. The molecule has 6 N–H and O–H groups in total. The molecule has 4 aliphatic carbocycles. The fraction of sp³-hybridized carbons (Fsp3) is 0.906. The van der Waals surface area contributed by atoms with Gasteiger partial charge in [-0.3, -0.25) is 4.79 Å². The molecule has 2 saturated heterocycles. The highest BCUT2D eigenvalue weighted by atomic mass is 16.7. The van der Waals surface area contributed by atoms with Gasteiger partial charge >= 0.3 is 0 Å². The number of fused-ring (bicyclic) bond motifs is 5. The zero-order chi connectivity index (χ0) is 30.8. The standard InChI is InChI=1S/C32H50O11/c1-15(34)19-6-7-20-18-5-4-16-12-17(8-10-31(16,2)21(18)9-11-32(19,20)3)41-30-27(39)25(37)28(23(13-33)42-30)43-29-26(38)24(36)22(35)14-40-29/h6,16-18,20-30,33,35-39H,4-5,7-14H2,1-3H3/t16-,17+,18+,20+,21+,22-,23-,24-,25-,26+,27-,28-,29-,30-,31+,32-/m1/s1. The SMILES string of the molecule is CC(=O)C1=CC[C@H]2[C@@H]3CC[C@@H]4C[C@@H](O[C@@H]5O[C@H](CO)[C@@H](O[C@H]6OC[C@@H](O)[C@@H](O)[C@@H]6O)[C@H](O)[C@H]5O)CC[C@]4(C)[C@H]3CC[C@]12C. The van der Waals surface area contributed by atoms with Gasteiger partial charge in [-0.15, -0.1) is 0 Å². The molecule has 0 unspecified atom stereocenters. The number of aliphatic hydroxyl groups excluding tert-OH is 6. The van der Waals surface area contributed by atoms with E-state index in [4.69, 9.17) is 18.9 Å². The van der Waals surface area contributed by atoms with Crippen molar-refractivity contribution in [2.45, 2.75) is 134 Å². The predicted octanol–water partition coefficient (Wildman–Crippen LogP) is 0.803. The number of allylic oxidation sites excluding steroid dienone is 2. The minimum Gasteiger partial charge on any atom is -0.394 e. The van der Waals surface area contributed by atoms with E-state index in [1.807, 2.05) is 0 Å². The summed E-state index contributed by atoms with van der Waals surface area (Å²) in [6, 6.07) is 0. The van der Waals surface area contributed by atoms with E-state index in [0.29, 0.717) is 23.7 Å². The van der Waals surface area contributed by atoms with Gasteiger partial charge in [0.15, 0.2) is 18.4 Å². The van der Waals surface area contributed by atoms with Crippen LogP contribution in [0.5, 0.6) is 0 Å². The zero-order valence-electron chi connectivity index (χ0n) is 25.5. The number of ketones is 1. The second-order valence-electron chi connectivity index (χ2n) is 14.6. The third kappa shape index (κ3) is 5.35. The van der Waals surface area contributed by atoms with Gasteiger partial charge in [0.1, 0.15) is 42.7 Å². The monoisotopic (exact) mass is 610 g/mol. The highest BCUT2D eigenvalue weighted by molar-refractivity contribution is 5.95. The summed E-state index contributed by atoms with van der Waals surface area (Å²) in [5.41, 5.74) is 1.22. The van der Waals surface area contributed by atoms with Crippen LogP contribution in [0.2, 0.25) is 0 Å². The van der Waals surface area contributed by atoms with E-state index in [9.17, 15) is 35.4 Å². The smallest absolute Gasteiger partial charge is 0.186 e. The second-order valence-corrected chi connectivity index (χ2v) is 14.6. The Hall–Kier alpha value is -0.990. The van der Waals surface area contributed by atoms with Crippen molar-refractivity contribution in [1.29, 1.82) is 0 Å². The van der Waals surface area contributed by atoms with Crippen LogP contribution in [-0.2, 0) is 23.7 Å². The minimum atomic E-state index is -1.59. The van der Waals surface area contributed by atoms with Gasteiger partial charge in [0.25, 0.3) is 0 Å². The zero-order valence-corrected chi connectivity index (χ0v) is 25.5. The Labute approximate surface area is 253 Å². The molecule has 11 heteroatoms. The molecule has 244 valence electrons. The largest absolute Gasteiger partial charge is 0.394 e. The van der Waals surface area contributed by atoms with Gasteiger partial charge in [0, 0.05) is 0 Å². The summed E-state index contributed by atoms with van der Waals surface area (Å²) in [6.45, 7) is 5.63. The molecule has 2 heterocycles. The van der Waals surface area contributed by atoms with Crippen molar-refractivity contribution in [3.8, 4) is 0 Å². The highest BCUT2D eigenvalue weighted by Gasteiger charge is 2.59. The van der Waals surface area contributed by atoms with E-state index in [-0.39, 0.29) is 29.3 Å². The molecule has 2 aliphatic heterocycles. The molecule has 43 heavy (non-hydrogen) atoms. The van der Waals surface area contributed by atoms with Crippen LogP contribution in [0.1, 0.15) is 72.1 Å². The summed E-state index contributed by atoms with van der Waals surface area (Å²) < 4.78 is 23.1. The number of hydrogen-bond donors (Lipinski definition) is 6. The fourth-order valence-corrected chi connectivity index (χ4v) is 10.0. The lowest BCUT2D eigenvalue weighted by molar-refractivity contribution is -0.354. The Balaban J connectivity index is 1.08. The molecule has 0 aromatic heterocycles. The Morgan fingerprint density at radius 1 is 0.930 bits per heavy atom. The fourth-order valence-electron chi connectivity index (χ4n) is 10.0. The van der Waals surface area contributed by atoms with E-state index in [1.165, 1.54) is 0 Å². The van der Waals surface area contributed by atoms with Crippen LogP contribution in [0.3, 0.4) is 0 Å². The lowest BCUT2D eigenvalue weighted by atomic mass is 9.44. The topological polar surface area (TPSA) is 175 Å². The number of hydrogen-bond acceptors (Lipinski definition) is 11. The van der Waals surface area contributed by atoms with Crippen molar-refractivity contribution < 1.29 is 54.4 Å². The third-order valence-electron chi connectivity index (χ3n) is 12.5. The van der Waals surface area contributed by atoms with E-state index < -0.39 is 61.9 Å². The molecule has 0 bridgehead atoms. The first-order valence-corrected chi connectivity index (χ1v) is 16.2. The van der Waals surface area contributed by atoms with Crippen LogP contribution in [0.15, 0.2) is 11.6 Å². The molecule has 0 aromatic carbocycles. The summed E-state index contributed by atoms with van der Waals surface area (Å²) in [7, 11) is 0. The van der Waals surface area contributed by atoms with Gasteiger partial charge < -0.3 is 49.6 Å². The number of carbonyl (C=O) groups is 1. The van der Waals surface area contributed by atoms with E-state index in [2.05, 4.69) is 19.9 Å². The average Bonchev–Trinajstić information content (AvgIpc) is 3.34. The van der Waals surface area contributed by atoms with Crippen LogP contribution in [0.25, 0.3) is 0 Å². The predicted molar refractivity (Wildman–Crippen MR) is 151 cm³/mol. The third-order valence-corrected chi connectivity index (χ3v) is 12.5. The quantitative estimate of drug-likeness (QED) is 0.235. The van der Waals surface area contributed by atoms with Gasteiger partial charge in [-0.25, -0.2) is 0 Å². The van der Waals surface area contributed by atoms with Crippen LogP contribution < -0.4 is 0 Å². The van der Waals surface area contributed by atoms with Gasteiger partial charge in [-0.1, -0.05) is 19.9 Å². The van der Waals surface area contributed by atoms with E-state index in [0.717, 1.165) is 56.9 Å². The van der Waals surface area contributed by atoms with Crippen molar-refractivity contribution in [3.63, 3.8) is 0 Å². The van der Waals surface area contributed by atoms with Crippen molar-refractivity contribution in [2.75, 3.05) is 13.2 Å². The number of aliphatic hydroxyl groups is 6. The number of carbonyl (C=O) groups excluding carboxylic acids is 1. The van der Waals surface area contributed by atoms with Crippen molar-refractivity contribution in [1.82, 2.24) is 0 Å². The molecule has 6 rings (SSSR count). The van der Waals surface area contributed by atoms with Crippen LogP contribution in [0, 0.1) is 34.5 Å². The van der Waals surface area contributed by atoms with Gasteiger partial charge in [-0.05, 0) is 98.4 Å². The van der Waals surface area contributed by atoms with Crippen molar-refractivity contribution in [3.05, 3.63) is 11.6 Å². The summed E-state index contributed by atoms with van der Waals surface area (Å²) in [5, 5.41) is 61.9. The lowest BCUT2D eigenvalue weighted by Crippen LogP contribution is -2.63. The maximum atomic E-state index is 12.4. The van der Waals surface area contributed by atoms with Crippen LogP contribution in [0.4, 0.5) is 0 Å². The molecule has 5 fully saturated rings. The summed E-state index contributed by atoms with van der Waals surface area (Å²) >= 11 is 0. The van der Waals surface area contributed by atoms with E-state index in [1.54, 1.807) is 6.92 Å². The molecular formula is C32H50O11. The summed E-state index contributed by atoms with van der Waals surface area (Å²) in [4.78, 5) is 12.4. The second kappa shape index (κ2) is 12.0. The lowest BCUT2D eigenvalue weighted by Gasteiger charge is -2.61. The Bertz CT molecular complexity index is 1070. The highest BCUT2D eigenvalue weighted by Crippen LogP contribution is 2.66. The Morgan fingerprint density at radius 2 is 1.67 bits per heavy atom. The minimum absolute atomic E-state index is 0.00111. The average molecular weight is 611 g/mol. The normalized spacial score (nSPS) is 53.4. The van der Waals surface area contributed by atoms with Gasteiger partial charge in [0.05, 0.1) is 19.3 Å². The van der Waals surface area contributed by atoms with Crippen LogP contribution >= 0.6 is 0 Å². The molecule has 0 radical (unpaired) electrons. The Morgan fingerprint density at radius 3 is 2.40 bits per heavy atom.